The first kappa shape index (κ1) is 18.2. The molecule has 2 aliphatic rings. The molecule has 1 spiro atoms. The molecule has 1 amide bonds. The Hall–Kier alpha value is -1.59. The molecule has 5 nitrogen and oxygen atoms in total. The Balaban J connectivity index is 1.49. The first-order chi connectivity index (χ1) is 12.0. The van der Waals surface area contributed by atoms with Crippen LogP contribution >= 0.6 is 0 Å². The Kier molecular flexibility index (Phi) is 5.64. The largest absolute Gasteiger partial charge is 0.497 e. The van der Waals surface area contributed by atoms with Crippen molar-refractivity contribution in [3.8, 4) is 5.75 Å². The summed E-state index contributed by atoms with van der Waals surface area (Å²) in [6.45, 7) is 6.01. The fraction of sp³-hybridized carbons (Fsp3) is 0.650. The molecule has 25 heavy (non-hydrogen) atoms. The molecule has 0 radical (unpaired) electrons. The minimum Gasteiger partial charge on any atom is -0.497 e. The van der Waals surface area contributed by atoms with Crippen LogP contribution in [0.1, 0.15) is 24.8 Å². The summed E-state index contributed by atoms with van der Waals surface area (Å²) in [5.74, 6) is 1.15. The molecule has 2 heterocycles. The van der Waals surface area contributed by atoms with Crippen LogP contribution in [0.25, 0.3) is 0 Å². The number of amides is 1. The SMILES string of the molecule is COc1cccc(CN2CCC3(CC2)CCN(CC(=O)N(C)C)C3)c1. The summed E-state index contributed by atoms with van der Waals surface area (Å²) >= 11 is 0. The van der Waals surface area contributed by atoms with E-state index in [1.807, 2.05) is 20.2 Å². The lowest BCUT2D eigenvalue weighted by molar-refractivity contribution is -0.129. The lowest BCUT2D eigenvalue weighted by Gasteiger charge is -2.39. The normalized spacial score (nSPS) is 20.8. The van der Waals surface area contributed by atoms with Crippen molar-refractivity contribution < 1.29 is 9.53 Å². The second-order valence-corrected chi connectivity index (χ2v) is 7.88. The summed E-state index contributed by atoms with van der Waals surface area (Å²) in [4.78, 5) is 18.5. The van der Waals surface area contributed by atoms with E-state index in [9.17, 15) is 4.79 Å². The number of rotatable bonds is 5. The third kappa shape index (κ3) is 4.53. The highest BCUT2D eigenvalue weighted by Crippen LogP contribution is 2.40. The van der Waals surface area contributed by atoms with Gasteiger partial charge in [0.15, 0.2) is 0 Å². The van der Waals surface area contributed by atoms with E-state index in [1.165, 1.54) is 24.8 Å². The van der Waals surface area contributed by atoms with Crippen LogP contribution in [-0.2, 0) is 11.3 Å². The van der Waals surface area contributed by atoms with E-state index in [2.05, 4.69) is 28.0 Å². The van der Waals surface area contributed by atoms with Gasteiger partial charge in [0.1, 0.15) is 5.75 Å². The van der Waals surface area contributed by atoms with Gasteiger partial charge >= 0.3 is 0 Å². The van der Waals surface area contributed by atoms with Gasteiger partial charge in [-0.05, 0) is 62.0 Å². The highest BCUT2D eigenvalue weighted by atomic mass is 16.5. The quantitative estimate of drug-likeness (QED) is 0.819. The molecule has 2 aliphatic heterocycles. The Morgan fingerprint density at radius 2 is 1.84 bits per heavy atom. The Bertz CT molecular complexity index is 594. The number of hydrogen-bond acceptors (Lipinski definition) is 4. The van der Waals surface area contributed by atoms with Gasteiger partial charge in [-0.15, -0.1) is 0 Å². The number of carbonyl (C=O) groups excluding carboxylic acids is 1. The van der Waals surface area contributed by atoms with Gasteiger partial charge in [-0.3, -0.25) is 14.6 Å². The van der Waals surface area contributed by atoms with Gasteiger partial charge in [0.2, 0.25) is 5.91 Å². The maximum atomic E-state index is 11.9. The summed E-state index contributed by atoms with van der Waals surface area (Å²) in [7, 11) is 5.40. The molecule has 0 aromatic heterocycles. The summed E-state index contributed by atoms with van der Waals surface area (Å²) in [6, 6.07) is 8.37. The van der Waals surface area contributed by atoms with Crippen molar-refractivity contribution >= 4 is 5.91 Å². The Labute approximate surface area is 151 Å². The van der Waals surface area contributed by atoms with Gasteiger partial charge in [0.05, 0.1) is 13.7 Å². The topological polar surface area (TPSA) is 36.0 Å². The zero-order valence-corrected chi connectivity index (χ0v) is 15.8. The molecule has 3 rings (SSSR count). The van der Waals surface area contributed by atoms with Crippen LogP contribution in [-0.4, -0.2) is 74.5 Å². The summed E-state index contributed by atoms with van der Waals surface area (Å²) in [5, 5.41) is 0. The van der Waals surface area contributed by atoms with Gasteiger partial charge in [0.25, 0.3) is 0 Å². The molecule has 0 atom stereocenters. The minimum atomic E-state index is 0.215. The predicted molar refractivity (Wildman–Crippen MR) is 99.7 cm³/mol. The summed E-state index contributed by atoms with van der Waals surface area (Å²) in [5.41, 5.74) is 1.75. The van der Waals surface area contributed by atoms with Crippen LogP contribution in [0, 0.1) is 5.41 Å². The third-order valence-corrected chi connectivity index (χ3v) is 5.83. The van der Waals surface area contributed by atoms with E-state index in [1.54, 1.807) is 12.0 Å². The average molecular weight is 345 g/mol. The predicted octanol–water partition coefficient (Wildman–Crippen LogP) is 2.07. The van der Waals surface area contributed by atoms with Gasteiger partial charge < -0.3 is 9.64 Å². The van der Waals surface area contributed by atoms with Crippen molar-refractivity contribution in [3.05, 3.63) is 29.8 Å². The van der Waals surface area contributed by atoms with E-state index in [0.29, 0.717) is 12.0 Å². The molecule has 0 saturated carbocycles. The van der Waals surface area contributed by atoms with Crippen LogP contribution in [0.3, 0.4) is 0 Å². The van der Waals surface area contributed by atoms with Gasteiger partial charge in [-0.2, -0.15) is 0 Å². The minimum absolute atomic E-state index is 0.215. The molecule has 0 aliphatic carbocycles. The summed E-state index contributed by atoms with van der Waals surface area (Å²) in [6.07, 6.45) is 3.72. The summed E-state index contributed by atoms with van der Waals surface area (Å²) < 4.78 is 5.33. The van der Waals surface area contributed by atoms with Gasteiger partial charge in [-0.25, -0.2) is 0 Å². The van der Waals surface area contributed by atoms with Crippen molar-refractivity contribution in [2.75, 3.05) is 53.9 Å². The second kappa shape index (κ2) is 7.75. The number of likely N-dealkylation sites (N-methyl/N-ethyl adjacent to an activating group) is 1. The first-order valence-electron chi connectivity index (χ1n) is 9.27. The Morgan fingerprint density at radius 1 is 1.16 bits per heavy atom. The van der Waals surface area contributed by atoms with E-state index in [4.69, 9.17) is 4.74 Å². The number of ether oxygens (including phenoxy) is 1. The highest BCUT2D eigenvalue weighted by molar-refractivity contribution is 5.77. The van der Waals surface area contributed by atoms with E-state index < -0.39 is 0 Å². The molecule has 2 saturated heterocycles. The van der Waals surface area contributed by atoms with Crippen molar-refractivity contribution in [2.24, 2.45) is 5.41 Å². The molecular formula is C20H31N3O2. The maximum Gasteiger partial charge on any atom is 0.236 e. The number of nitrogens with zero attached hydrogens (tertiary/aromatic N) is 3. The van der Waals surface area contributed by atoms with Crippen LogP contribution in [0.5, 0.6) is 5.75 Å². The standard InChI is InChI=1S/C20H31N3O2/c1-21(2)19(24)15-23-12-9-20(16-23)7-10-22(11-8-20)14-17-5-4-6-18(13-17)25-3/h4-6,13H,7-12,14-16H2,1-3H3. The monoisotopic (exact) mass is 345 g/mol. The number of piperidine rings is 1. The molecule has 2 fully saturated rings. The van der Waals surface area contributed by atoms with Crippen molar-refractivity contribution in [3.63, 3.8) is 0 Å². The number of hydrogen-bond donors (Lipinski definition) is 0. The lowest BCUT2D eigenvalue weighted by Crippen LogP contribution is -2.42. The Morgan fingerprint density at radius 3 is 2.48 bits per heavy atom. The van der Waals surface area contributed by atoms with E-state index in [-0.39, 0.29) is 5.91 Å². The first-order valence-corrected chi connectivity index (χ1v) is 9.27. The molecule has 1 aromatic carbocycles. The molecule has 0 bridgehead atoms. The van der Waals surface area contributed by atoms with Crippen molar-refractivity contribution in [2.45, 2.75) is 25.8 Å². The lowest BCUT2D eigenvalue weighted by atomic mass is 9.77. The van der Waals surface area contributed by atoms with Crippen LogP contribution in [0.2, 0.25) is 0 Å². The average Bonchev–Trinajstić information content (AvgIpc) is 2.99. The number of likely N-dealkylation sites (tertiary alicyclic amines) is 2. The zero-order chi connectivity index (χ0) is 17.9. The van der Waals surface area contributed by atoms with E-state index >= 15 is 0 Å². The van der Waals surface area contributed by atoms with Gasteiger partial charge in [-0.1, -0.05) is 12.1 Å². The fourth-order valence-corrected chi connectivity index (χ4v) is 4.12. The van der Waals surface area contributed by atoms with Crippen LogP contribution in [0.15, 0.2) is 24.3 Å². The van der Waals surface area contributed by atoms with Crippen molar-refractivity contribution in [1.29, 1.82) is 0 Å². The van der Waals surface area contributed by atoms with Gasteiger partial charge in [0, 0.05) is 27.2 Å². The third-order valence-electron chi connectivity index (χ3n) is 5.83. The number of methoxy groups -OCH3 is 1. The fourth-order valence-electron chi connectivity index (χ4n) is 4.12. The van der Waals surface area contributed by atoms with Crippen molar-refractivity contribution in [1.82, 2.24) is 14.7 Å². The molecule has 138 valence electrons. The maximum absolute atomic E-state index is 11.9. The van der Waals surface area contributed by atoms with E-state index in [0.717, 1.165) is 38.5 Å². The molecule has 0 N–H and O–H groups in total. The smallest absolute Gasteiger partial charge is 0.236 e. The number of benzene rings is 1. The van der Waals surface area contributed by atoms with Crippen LogP contribution < -0.4 is 4.74 Å². The number of carbonyl (C=O) groups is 1. The molecule has 0 unspecified atom stereocenters. The molecule has 1 aromatic rings. The second-order valence-electron chi connectivity index (χ2n) is 7.88. The molecular weight excluding hydrogens is 314 g/mol. The molecule has 5 heteroatoms. The zero-order valence-electron chi connectivity index (χ0n) is 15.8. The highest BCUT2D eigenvalue weighted by Gasteiger charge is 2.40. The van der Waals surface area contributed by atoms with Crippen LogP contribution in [0.4, 0.5) is 0 Å².